The fraction of sp³-hybridized carbons (Fsp3) is 0.333. The van der Waals surface area contributed by atoms with Crippen LogP contribution in [0.15, 0.2) is 46.9 Å². The van der Waals surface area contributed by atoms with Crippen LogP contribution in [0.25, 0.3) is 0 Å². The molecular weight excluding hydrogens is 310 g/mol. The van der Waals surface area contributed by atoms with E-state index in [2.05, 4.69) is 66.2 Å². The first kappa shape index (κ1) is 15.3. The van der Waals surface area contributed by atoms with E-state index in [-0.39, 0.29) is 0 Å². The van der Waals surface area contributed by atoms with Crippen molar-refractivity contribution in [2.45, 2.75) is 26.7 Å². The molecule has 2 N–H and O–H groups in total. The zero-order valence-electron chi connectivity index (χ0n) is 12.2. The summed E-state index contributed by atoms with van der Waals surface area (Å²) in [5, 5.41) is 0. The van der Waals surface area contributed by atoms with Gasteiger partial charge in [-0.15, -0.1) is 0 Å². The Labute approximate surface area is 130 Å². The van der Waals surface area contributed by atoms with Crippen molar-refractivity contribution in [2.75, 3.05) is 6.54 Å². The summed E-state index contributed by atoms with van der Waals surface area (Å²) in [6.45, 7) is 5.04. The van der Waals surface area contributed by atoms with E-state index in [0.29, 0.717) is 12.5 Å². The van der Waals surface area contributed by atoms with Gasteiger partial charge >= 0.3 is 0 Å². The SMILES string of the molecule is Cc1ccc(CC(CN)Cc2ccccc2Br)cc1C. The van der Waals surface area contributed by atoms with Gasteiger partial charge in [0.15, 0.2) is 0 Å². The molecule has 20 heavy (non-hydrogen) atoms. The molecule has 0 heterocycles. The molecule has 0 aromatic heterocycles. The van der Waals surface area contributed by atoms with Crippen LogP contribution in [0.4, 0.5) is 0 Å². The van der Waals surface area contributed by atoms with E-state index in [1.807, 2.05) is 6.07 Å². The smallest absolute Gasteiger partial charge is 0.0207 e. The van der Waals surface area contributed by atoms with Crippen LogP contribution in [0.5, 0.6) is 0 Å². The fourth-order valence-corrected chi connectivity index (χ4v) is 2.92. The average molecular weight is 332 g/mol. The molecule has 2 rings (SSSR count). The summed E-state index contributed by atoms with van der Waals surface area (Å²) in [6.07, 6.45) is 2.06. The Hall–Kier alpha value is -1.12. The van der Waals surface area contributed by atoms with Gasteiger partial charge in [0.05, 0.1) is 0 Å². The third kappa shape index (κ3) is 3.94. The minimum atomic E-state index is 0.482. The van der Waals surface area contributed by atoms with E-state index in [1.165, 1.54) is 26.7 Å². The van der Waals surface area contributed by atoms with E-state index >= 15 is 0 Å². The van der Waals surface area contributed by atoms with Crippen molar-refractivity contribution < 1.29 is 0 Å². The Morgan fingerprint density at radius 1 is 1.00 bits per heavy atom. The van der Waals surface area contributed by atoms with Gasteiger partial charge in [-0.3, -0.25) is 0 Å². The molecule has 0 amide bonds. The highest BCUT2D eigenvalue weighted by atomic mass is 79.9. The van der Waals surface area contributed by atoms with Gasteiger partial charge in [0.25, 0.3) is 0 Å². The molecule has 0 saturated heterocycles. The summed E-state index contributed by atoms with van der Waals surface area (Å²) in [6, 6.07) is 15.1. The van der Waals surface area contributed by atoms with Crippen molar-refractivity contribution in [1.82, 2.24) is 0 Å². The maximum absolute atomic E-state index is 5.97. The quantitative estimate of drug-likeness (QED) is 0.861. The van der Waals surface area contributed by atoms with Crippen LogP contribution in [-0.2, 0) is 12.8 Å². The number of benzene rings is 2. The van der Waals surface area contributed by atoms with Gasteiger partial charge in [0, 0.05) is 4.47 Å². The lowest BCUT2D eigenvalue weighted by atomic mass is 9.91. The molecule has 2 aromatic carbocycles. The maximum atomic E-state index is 5.97. The summed E-state index contributed by atoms with van der Waals surface area (Å²) in [7, 11) is 0. The first-order valence-electron chi connectivity index (χ1n) is 7.09. The number of rotatable bonds is 5. The van der Waals surface area contributed by atoms with Gasteiger partial charge in [-0.1, -0.05) is 52.3 Å². The largest absolute Gasteiger partial charge is 0.330 e. The first-order valence-corrected chi connectivity index (χ1v) is 7.89. The maximum Gasteiger partial charge on any atom is 0.0207 e. The van der Waals surface area contributed by atoms with Gasteiger partial charge in [0.1, 0.15) is 0 Å². The van der Waals surface area contributed by atoms with Crippen LogP contribution in [0.3, 0.4) is 0 Å². The molecule has 1 unspecified atom stereocenters. The number of hydrogen-bond acceptors (Lipinski definition) is 1. The standard InChI is InChI=1S/C18H22BrN/c1-13-7-8-15(9-14(13)2)10-16(12-20)11-17-5-3-4-6-18(17)19/h3-9,16H,10-12,20H2,1-2H3. The van der Waals surface area contributed by atoms with Gasteiger partial charge < -0.3 is 5.73 Å². The number of nitrogens with two attached hydrogens (primary N) is 1. The minimum absolute atomic E-state index is 0.482. The zero-order valence-corrected chi connectivity index (χ0v) is 13.8. The Morgan fingerprint density at radius 3 is 2.40 bits per heavy atom. The monoisotopic (exact) mass is 331 g/mol. The number of halogens is 1. The van der Waals surface area contributed by atoms with Crippen molar-refractivity contribution in [3.05, 3.63) is 69.2 Å². The molecule has 0 spiro atoms. The summed E-state index contributed by atoms with van der Waals surface area (Å²) in [5.41, 5.74) is 11.4. The highest BCUT2D eigenvalue weighted by Gasteiger charge is 2.11. The number of hydrogen-bond donors (Lipinski definition) is 1. The van der Waals surface area contributed by atoms with E-state index in [4.69, 9.17) is 5.73 Å². The van der Waals surface area contributed by atoms with Gasteiger partial charge in [0.2, 0.25) is 0 Å². The second kappa shape index (κ2) is 7.05. The van der Waals surface area contributed by atoms with E-state index in [9.17, 15) is 0 Å². The van der Waals surface area contributed by atoms with Gasteiger partial charge in [-0.2, -0.15) is 0 Å². The van der Waals surface area contributed by atoms with Gasteiger partial charge in [-0.25, -0.2) is 0 Å². The summed E-state index contributed by atoms with van der Waals surface area (Å²) >= 11 is 3.62. The van der Waals surface area contributed by atoms with Crippen molar-refractivity contribution in [3.8, 4) is 0 Å². The Bertz CT molecular complexity index is 577. The van der Waals surface area contributed by atoms with Crippen LogP contribution >= 0.6 is 15.9 Å². The molecular formula is C18H22BrN. The Morgan fingerprint density at radius 2 is 1.75 bits per heavy atom. The molecule has 2 heteroatoms. The fourth-order valence-electron chi connectivity index (χ4n) is 2.48. The van der Waals surface area contributed by atoms with Crippen molar-refractivity contribution >= 4 is 15.9 Å². The van der Waals surface area contributed by atoms with Crippen molar-refractivity contribution in [2.24, 2.45) is 11.7 Å². The van der Waals surface area contributed by atoms with Crippen LogP contribution in [0.2, 0.25) is 0 Å². The van der Waals surface area contributed by atoms with Crippen LogP contribution in [0.1, 0.15) is 22.3 Å². The van der Waals surface area contributed by atoms with Crippen molar-refractivity contribution in [1.29, 1.82) is 0 Å². The van der Waals surface area contributed by atoms with Crippen LogP contribution < -0.4 is 5.73 Å². The molecule has 0 radical (unpaired) electrons. The van der Waals surface area contributed by atoms with Crippen LogP contribution in [0, 0.1) is 19.8 Å². The lowest BCUT2D eigenvalue weighted by Crippen LogP contribution is -2.19. The van der Waals surface area contributed by atoms with E-state index in [0.717, 1.165) is 12.8 Å². The molecule has 0 aliphatic heterocycles. The highest BCUT2D eigenvalue weighted by Crippen LogP contribution is 2.22. The molecule has 106 valence electrons. The van der Waals surface area contributed by atoms with Gasteiger partial charge in [-0.05, 0) is 67.5 Å². The first-order chi connectivity index (χ1) is 9.60. The predicted octanol–water partition coefficient (Wildman–Crippen LogP) is 4.43. The third-order valence-electron chi connectivity index (χ3n) is 3.90. The Balaban J connectivity index is 2.09. The topological polar surface area (TPSA) is 26.0 Å². The zero-order chi connectivity index (χ0) is 14.5. The van der Waals surface area contributed by atoms with E-state index in [1.54, 1.807) is 0 Å². The molecule has 1 atom stereocenters. The summed E-state index contributed by atoms with van der Waals surface area (Å²) < 4.78 is 1.18. The molecule has 0 aliphatic rings. The second-order valence-corrected chi connectivity index (χ2v) is 6.37. The highest BCUT2D eigenvalue weighted by molar-refractivity contribution is 9.10. The van der Waals surface area contributed by atoms with E-state index < -0.39 is 0 Å². The van der Waals surface area contributed by atoms with Crippen molar-refractivity contribution in [3.63, 3.8) is 0 Å². The normalized spacial score (nSPS) is 12.4. The van der Waals surface area contributed by atoms with Crippen LogP contribution in [-0.4, -0.2) is 6.54 Å². The lowest BCUT2D eigenvalue weighted by Gasteiger charge is -2.16. The molecule has 0 bridgehead atoms. The average Bonchev–Trinajstić information content (AvgIpc) is 2.44. The number of aryl methyl sites for hydroxylation is 2. The molecule has 0 fully saturated rings. The summed E-state index contributed by atoms with van der Waals surface area (Å²) in [4.78, 5) is 0. The summed E-state index contributed by atoms with van der Waals surface area (Å²) in [5.74, 6) is 0.482. The molecule has 2 aromatic rings. The predicted molar refractivity (Wildman–Crippen MR) is 90.0 cm³/mol. The lowest BCUT2D eigenvalue weighted by molar-refractivity contribution is 0.532. The minimum Gasteiger partial charge on any atom is -0.330 e. The second-order valence-electron chi connectivity index (χ2n) is 5.52. The molecule has 1 nitrogen and oxygen atoms in total. The molecule has 0 saturated carbocycles. The molecule has 0 aliphatic carbocycles. The third-order valence-corrected chi connectivity index (χ3v) is 4.67. The Kier molecular flexibility index (Phi) is 5.38.